The summed E-state index contributed by atoms with van der Waals surface area (Å²) < 4.78 is 0.807. The summed E-state index contributed by atoms with van der Waals surface area (Å²) in [7, 11) is 0. The van der Waals surface area contributed by atoms with E-state index in [1.807, 2.05) is 19.1 Å². The Balaban J connectivity index is 2.13. The molecule has 0 saturated carbocycles. The van der Waals surface area contributed by atoms with Gasteiger partial charge in [0.25, 0.3) is 0 Å². The largest absolute Gasteiger partial charge is 0.480 e. The fraction of sp³-hybridized carbons (Fsp3) is 0.333. The Morgan fingerprint density at radius 2 is 2.26 bits per heavy atom. The van der Waals surface area contributed by atoms with Crippen LogP contribution >= 0.6 is 27.7 Å². The molecule has 0 radical (unpaired) electrons. The van der Waals surface area contributed by atoms with Crippen molar-refractivity contribution < 1.29 is 14.7 Å². The van der Waals surface area contributed by atoms with E-state index < -0.39 is 12.0 Å². The fourth-order valence-electron chi connectivity index (χ4n) is 1.78. The molecule has 0 aliphatic carbocycles. The van der Waals surface area contributed by atoms with Gasteiger partial charge in [-0.15, -0.1) is 11.8 Å². The summed E-state index contributed by atoms with van der Waals surface area (Å²) >= 11 is 4.84. The van der Waals surface area contributed by atoms with Crippen LogP contribution in [0.1, 0.15) is 5.56 Å². The van der Waals surface area contributed by atoms with Crippen LogP contribution in [0.4, 0.5) is 10.5 Å². The Hall–Kier alpha value is -1.21. The molecule has 2 N–H and O–H groups in total. The minimum atomic E-state index is -0.969. The molecular formula is C12H13BrN2O3S. The average Bonchev–Trinajstić information content (AvgIpc) is 2.84. The highest BCUT2D eigenvalue weighted by molar-refractivity contribution is 9.10. The van der Waals surface area contributed by atoms with E-state index in [-0.39, 0.29) is 6.03 Å². The van der Waals surface area contributed by atoms with Crippen LogP contribution in [0.25, 0.3) is 0 Å². The number of carbonyl (C=O) groups excluding carboxylic acids is 1. The number of anilines is 1. The quantitative estimate of drug-likeness (QED) is 0.865. The van der Waals surface area contributed by atoms with Gasteiger partial charge in [-0.05, 0) is 34.5 Å². The molecular weight excluding hydrogens is 332 g/mol. The summed E-state index contributed by atoms with van der Waals surface area (Å²) in [5, 5.41) is 11.8. The molecule has 1 heterocycles. The zero-order chi connectivity index (χ0) is 14.0. The predicted molar refractivity (Wildman–Crippen MR) is 78.5 cm³/mol. The van der Waals surface area contributed by atoms with Gasteiger partial charge in [-0.25, -0.2) is 9.59 Å². The number of nitrogens with zero attached hydrogens (tertiary/aromatic N) is 1. The highest BCUT2D eigenvalue weighted by Gasteiger charge is 2.34. The number of aryl methyl sites for hydroxylation is 1. The van der Waals surface area contributed by atoms with Crippen LogP contribution in [0.5, 0.6) is 0 Å². The maximum Gasteiger partial charge on any atom is 0.327 e. The SMILES string of the molecule is Cc1cccc(NC(=O)N2CSCC2C(=O)O)c1Br. The van der Waals surface area contributed by atoms with E-state index in [0.717, 1.165) is 10.0 Å². The van der Waals surface area contributed by atoms with E-state index in [2.05, 4.69) is 21.2 Å². The third-order valence-electron chi connectivity index (χ3n) is 2.86. The highest BCUT2D eigenvalue weighted by Crippen LogP contribution is 2.27. The molecule has 1 aromatic carbocycles. The Morgan fingerprint density at radius 3 is 2.95 bits per heavy atom. The van der Waals surface area contributed by atoms with Crippen molar-refractivity contribution in [2.75, 3.05) is 16.9 Å². The zero-order valence-corrected chi connectivity index (χ0v) is 12.6. The lowest BCUT2D eigenvalue weighted by Gasteiger charge is -2.21. The van der Waals surface area contributed by atoms with E-state index in [4.69, 9.17) is 5.11 Å². The normalized spacial score (nSPS) is 18.4. The molecule has 19 heavy (non-hydrogen) atoms. The summed E-state index contributed by atoms with van der Waals surface area (Å²) in [5.74, 6) is -0.146. The van der Waals surface area contributed by atoms with Crippen molar-refractivity contribution >= 4 is 45.4 Å². The van der Waals surface area contributed by atoms with E-state index >= 15 is 0 Å². The number of thioether (sulfide) groups is 1. The second-order valence-corrected chi connectivity index (χ2v) is 5.98. The average molecular weight is 345 g/mol. The van der Waals surface area contributed by atoms with Crippen LogP contribution in [0, 0.1) is 6.92 Å². The molecule has 7 heteroatoms. The lowest BCUT2D eigenvalue weighted by Crippen LogP contribution is -2.44. The van der Waals surface area contributed by atoms with Gasteiger partial charge in [-0.2, -0.15) is 0 Å². The first-order valence-corrected chi connectivity index (χ1v) is 7.58. The van der Waals surface area contributed by atoms with Gasteiger partial charge in [-0.3, -0.25) is 0 Å². The predicted octanol–water partition coefficient (Wildman–Crippen LogP) is 2.75. The van der Waals surface area contributed by atoms with Crippen molar-refractivity contribution in [3.05, 3.63) is 28.2 Å². The topological polar surface area (TPSA) is 69.6 Å². The van der Waals surface area contributed by atoms with Crippen molar-refractivity contribution in [1.82, 2.24) is 4.90 Å². The standard InChI is InChI=1S/C12H13BrN2O3S/c1-7-3-2-4-8(10(7)13)14-12(18)15-6-19-5-9(15)11(16)17/h2-4,9H,5-6H2,1H3,(H,14,18)(H,16,17). The Labute approximate surface area is 123 Å². The van der Waals surface area contributed by atoms with Crippen LogP contribution < -0.4 is 5.32 Å². The highest BCUT2D eigenvalue weighted by atomic mass is 79.9. The number of nitrogens with one attached hydrogen (secondary N) is 1. The molecule has 1 aliphatic rings. The number of benzene rings is 1. The number of aliphatic carboxylic acids is 1. The van der Waals surface area contributed by atoms with Crippen LogP contribution in [0.15, 0.2) is 22.7 Å². The van der Waals surface area contributed by atoms with Gasteiger partial charge >= 0.3 is 12.0 Å². The second kappa shape index (κ2) is 5.83. The molecule has 2 amide bonds. The number of halogens is 1. The van der Waals surface area contributed by atoms with Gasteiger partial charge in [0.15, 0.2) is 0 Å². The number of carboxylic acids is 1. The van der Waals surface area contributed by atoms with E-state index in [1.54, 1.807) is 6.07 Å². The number of carboxylic acid groups (broad SMARTS) is 1. The summed E-state index contributed by atoms with van der Waals surface area (Å²) in [4.78, 5) is 24.5. The van der Waals surface area contributed by atoms with Crippen LogP contribution in [-0.2, 0) is 4.79 Å². The molecule has 0 aromatic heterocycles. The zero-order valence-electron chi connectivity index (χ0n) is 10.2. The smallest absolute Gasteiger partial charge is 0.327 e. The Bertz CT molecular complexity index is 524. The fourth-order valence-corrected chi connectivity index (χ4v) is 3.29. The molecule has 1 fully saturated rings. The van der Waals surface area contributed by atoms with Crippen LogP contribution in [0.3, 0.4) is 0 Å². The molecule has 1 aliphatic heterocycles. The lowest BCUT2D eigenvalue weighted by atomic mass is 10.2. The van der Waals surface area contributed by atoms with Gasteiger partial charge in [0, 0.05) is 10.2 Å². The molecule has 1 atom stereocenters. The van der Waals surface area contributed by atoms with Crippen LogP contribution in [-0.4, -0.2) is 39.7 Å². The Kier molecular flexibility index (Phi) is 4.36. The maximum absolute atomic E-state index is 12.1. The van der Waals surface area contributed by atoms with E-state index in [1.165, 1.54) is 16.7 Å². The van der Waals surface area contributed by atoms with Crippen LogP contribution in [0.2, 0.25) is 0 Å². The number of carbonyl (C=O) groups is 2. The minimum absolute atomic E-state index is 0.385. The van der Waals surface area contributed by atoms with Crippen molar-refractivity contribution in [1.29, 1.82) is 0 Å². The molecule has 5 nitrogen and oxygen atoms in total. The molecule has 2 rings (SSSR count). The first-order chi connectivity index (χ1) is 9.00. The summed E-state index contributed by atoms with van der Waals surface area (Å²) in [5.41, 5.74) is 1.65. The van der Waals surface area contributed by atoms with Gasteiger partial charge in [0.2, 0.25) is 0 Å². The summed E-state index contributed by atoms with van der Waals surface area (Å²) in [6.45, 7) is 1.92. The molecule has 1 saturated heterocycles. The van der Waals surface area contributed by atoms with Crippen molar-refractivity contribution in [2.45, 2.75) is 13.0 Å². The van der Waals surface area contributed by atoms with Crippen molar-refractivity contribution in [3.63, 3.8) is 0 Å². The maximum atomic E-state index is 12.1. The van der Waals surface area contributed by atoms with Gasteiger partial charge in [-0.1, -0.05) is 12.1 Å². The molecule has 102 valence electrons. The second-order valence-electron chi connectivity index (χ2n) is 4.19. The Morgan fingerprint density at radius 1 is 1.53 bits per heavy atom. The third kappa shape index (κ3) is 3.03. The minimum Gasteiger partial charge on any atom is -0.480 e. The molecule has 0 bridgehead atoms. The summed E-state index contributed by atoms with van der Waals surface area (Å²) in [6, 6.07) is 4.39. The van der Waals surface area contributed by atoms with Gasteiger partial charge in [0.1, 0.15) is 6.04 Å². The van der Waals surface area contributed by atoms with E-state index in [9.17, 15) is 9.59 Å². The number of urea groups is 1. The third-order valence-corrected chi connectivity index (χ3v) is 4.93. The van der Waals surface area contributed by atoms with Crippen molar-refractivity contribution in [2.24, 2.45) is 0 Å². The van der Waals surface area contributed by atoms with E-state index in [0.29, 0.717) is 17.3 Å². The number of hydrogen-bond donors (Lipinski definition) is 2. The number of rotatable bonds is 2. The molecule has 0 spiro atoms. The number of hydrogen-bond acceptors (Lipinski definition) is 3. The van der Waals surface area contributed by atoms with Gasteiger partial charge < -0.3 is 15.3 Å². The molecule has 1 unspecified atom stereocenters. The number of amides is 2. The molecule has 1 aromatic rings. The first kappa shape index (κ1) is 14.2. The first-order valence-electron chi connectivity index (χ1n) is 5.64. The summed E-state index contributed by atoms with van der Waals surface area (Å²) in [6.07, 6.45) is 0. The lowest BCUT2D eigenvalue weighted by molar-refractivity contribution is -0.140. The van der Waals surface area contributed by atoms with Crippen molar-refractivity contribution in [3.8, 4) is 0 Å². The van der Waals surface area contributed by atoms with Gasteiger partial charge in [0.05, 0.1) is 11.6 Å². The monoisotopic (exact) mass is 344 g/mol.